The van der Waals surface area contributed by atoms with Crippen LogP contribution in [0.2, 0.25) is 0 Å². The van der Waals surface area contributed by atoms with Gasteiger partial charge >= 0.3 is 12.6 Å². The second kappa shape index (κ2) is 9.00. The molecule has 0 fully saturated rings. The van der Waals surface area contributed by atoms with Crippen molar-refractivity contribution in [3.8, 4) is 5.75 Å². The minimum atomic E-state index is -2.90. The van der Waals surface area contributed by atoms with Gasteiger partial charge in [-0.25, -0.2) is 4.79 Å². The highest BCUT2D eigenvalue weighted by atomic mass is 32.1. The van der Waals surface area contributed by atoms with Crippen LogP contribution in [0.15, 0.2) is 65.9 Å². The molecule has 29 heavy (non-hydrogen) atoms. The van der Waals surface area contributed by atoms with Gasteiger partial charge in [0.15, 0.2) is 5.11 Å². The summed E-state index contributed by atoms with van der Waals surface area (Å²) < 4.78 is 34.5. The van der Waals surface area contributed by atoms with Crippen molar-refractivity contribution in [3.05, 3.63) is 71.4 Å². The summed E-state index contributed by atoms with van der Waals surface area (Å²) in [5.74, 6) is -0.440. The number of carbonyl (C=O) groups excluding carboxylic acids is 1. The largest absolute Gasteiger partial charge is 0.463 e. The fourth-order valence-electron chi connectivity index (χ4n) is 3.20. The molecule has 1 aliphatic heterocycles. The zero-order chi connectivity index (χ0) is 21.0. The Hall–Kier alpha value is -3.00. The minimum absolute atomic E-state index is 0.0337. The molecule has 152 valence electrons. The predicted molar refractivity (Wildman–Crippen MR) is 110 cm³/mol. The highest BCUT2D eigenvalue weighted by Crippen LogP contribution is 2.34. The number of benzene rings is 2. The number of carbonyl (C=O) groups is 1. The first-order valence-corrected chi connectivity index (χ1v) is 9.41. The van der Waals surface area contributed by atoms with E-state index in [1.165, 1.54) is 12.1 Å². The Balaban J connectivity index is 2.03. The molecule has 0 unspecified atom stereocenters. The van der Waals surface area contributed by atoms with Gasteiger partial charge in [0.05, 0.1) is 18.2 Å². The van der Waals surface area contributed by atoms with Gasteiger partial charge in [-0.3, -0.25) is 4.90 Å². The molecule has 0 aromatic heterocycles. The lowest BCUT2D eigenvalue weighted by Crippen LogP contribution is -2.48. The van der Waals surface area contributed by atoms with Crippen molar-refractivity contribution in [2.24, 2.45) is 0 Å². The van der Waals surface area contributed by atoms with Gasteiger partial charge < -0.3 is 14.8 Å². The lowest BCUT2D eigenvalue weighted by atomic mass is 9.94. The summed E-state index contributed by atoms with van der Waals surface area (Å²) in [7, 11) is 0. The third-order valence-electron chi connectivity index (χ3n) is 4.43. The topological polar surface area (TPSA) is 50.8 Å². The number of allylic oxidation sites excluding steroid dienone is 1. The number of halogens is 2. The zero-order valence-electron chi connectivity index (χ0n) is 15.9. The molecule has 0 spiro atoms. The van der Waals surface area contributed by atoms with E-state index < -0.39 is 18.6 Å². The molecule has 1 aliphatic rings. The standard InChI is InChI=1S/C21H20F2N2O3S/c1-3-27-19(26)17-13(2)25(15-7-5-4-6-8-15)21(29)24-18(17)14-9-11-16(12-10-14)28-20(22)23/h4-12,18,20H,3H2,1-2H3,(H,24,29)/t18-/m1/s1. The molecule has 2 aromatic carbocycles. The van der Waals surface area contributed by atoms with Crippen LogP contribution in [0.25, 0.3) is 0 Å². The van der Waals surface area contributed by atoms with Crippen molar-refractivity contribution >= 4 is 29.0 Å². The molecule has 3 rings (SSSR count). The molecule has 0 saturated heterocycles. The van der Waals surface area contributed by atoms with Crippen molar-refractivity contribution in [2.75, 3.05) is 11.5 Å². The molecule has 8 heteroatoms. The molecule has 0 bridgehead atoms. The van der Waals surface area contributed by atoms with E-state index in [0.29, 0.717) is 21.9 Å². The van der Waals surface area contributed by atoms with E-state index in [9.17, 15) is 13.6 Å². The Bertz CT molecular complexity index is 917. The average Bonchev–Trinajstić information content (AvgIpc) is 2.68. The van der Waals surface area contributed by atoms with E-state index in [4.69, 9.17) is 17.0 Å². The molecule has 1 atom stereocenters. The van der Waals surface area contributed by atoms with Crippen molar-refractivity contribution in [1.82, 2.24) is 5.32 Å². The molecule has 1 N–H and O–H groups in total. The van der Waals surface area contributed by atoms with Crippen LogP contribution in [-0.4, -0.2) is 24.3 Å². The van der Waals surface area contributed by atoms with Crippen LogP contribution in [0.4, 0.5) is 14.5 Å². The number of hydrogen-bond acceptors (Lipinski definition) is 4. The summed E-state index contributed by atoms with van der Waals surface area (Å²) in [5.41, 5.74) is 2.51. The number of nitrogens with zero attached hydrogens (tertiary/aromatic N) is 1. The molecule has 5 nitrogen and oxygen atoms in total. The van der Waals surface area contributed by atoms with Gasteiger partial charge in [0.1, 0.15) is 5.75 Å². The molecule has 1 heterocycles. The fourth-order valence-corrected chi connectivity index (χ4v) is 3.56. The second-order valence-electron chi connectivity index (χ2n) is 6.22. The van der Waals surface area contributed by atoms with Crippen LogP contribution in [0.1, 0.15) is 25.5 Å². The first-order valence-electron chi connectivity index (χ1n) is 9.00. The lowest BCUT2D eigenvalue weighted by Gasteiger charge is -2.37. The zero-order valence-corrected chi connectivity index (χ0v) is 16.7. The Labute approximate surface area is 172 Å². The van der Waals surface area contributed by atoms with E-state index in [1.807, 2.05) is 30.3 Å². The lowest BCUT2D eigenvalue weighted by molar-refractivity contribution is -0.139. The number of alkyl halides is 2. The normalized spacial score (nSPS) is 16.7. The Morgan fingerprint density at radius 1 is 1.17 bits per heavy atom. The second-order valence-corrected chi connectivity index (χ2v) is 6.61. The van der Waals surface area contributed by atoms with E-state index in [2.05, 4.69) is 10.1 Å². The fraction of sp³-hybridized carbons (Fsp3) is 0.238. The molecule has 2 aromatic rings. The highest BCUT2D eigenvalue weighted by Gasteiger charge is 2.35. The Kier molecular flexibility index (Phi) is 6.43. The summed E-state index contributed by atoms with van der Waals surface area (Å²) >= 11 is 5.55. The SMILES string of the molecule is CCOC(=O)C1=C(C)N(c2ccccc2)C(=S)N[C@@H]1c1ccc(OC(F)F)cc1. The Morgan fingerprint density at radius 2 is 1.83 bits per heavy atom. The maximum Gasteiger partial charge on any atom is 0.387 e. The van der Waals surface area contributed by atoms with Gasteiger partial charge in [0.25, 0.3) is 0 Å². The monoisotopic (exact) mass is 418 g/mol. The maximum atomic E-state index is 12.8. The number of thiocarbonyl (C=S) groups is 1. The van der Waals surface area contributed by atoms with E-state index in [0.717, 1.165) is 5.69 Å². The van der Waals surface area contributed by atoms with Crippen LogP contribution in [0, 0.1) is 0 Å². The molecule has 0 aliphatic carbocycles. The van der Waals surface area contributed by atoms with Crippen LogP contribution in [0.5, 0.6) is 5.75 Å². The predicted octanol–water partition coefficient (Wildman–Crippen LogP) is 4.56. The third-order valence-corrected chi connectivity index (χ3v) is 4.73. The summed E-state index contributed by atoms with van der Waals surface area (Å²) in [5, 5.41) is 3.59. The average molecular weight is 418 g/mol. The van der Waals surface area contributed by atoms with Crippen molar-refractivity contribution < 1.29 is 23.0 Å². The van der Waals surface area contributed by atoms with Crippen LogP contribution in [0.3, 0.4) is 0 Å². The van der Waals surface area contributed by atoms with Gasteiger partial charge in [-0.05, 0) is 55.9 Å². The minimum Gasteiger partial charge on any atom is -0.463 e. The van der Waals surface area contributed by atoms with E-state index in [-0.39, 0.29) is 12.4 Å². The number of hydrogen-bond donors (Lipinski definition) is 1. The molecule has 0 radical (unpaired) electrons. The van der Waals surface area contributed by atoms with Gasteiger partial charge in [-0.2, -0.15) is 8.78 Å². The number of para-hydroxylation sites is 1. The quantitative estimate of drug-likeness (QED) is 0.548. The molecule has 0 amide bonds. The maximum absolute atomic E-state index is 12.8. The van der Waals surface area contributed by atoms with Gasteiger partial charge in [0.2, 0.25) is 0 Å². The number of rotatable bonds is 6. The molecular formula is C21H20F2N2O3S. The van der Waals surface area contributed by atoms with Crippen molar-refractivity contribution in [1.29, 1.82) is 0 Å². The van der Waals surface area contributed by atoms with Gasteiger partial charge in [0, 0.05) is 11.4 Å². The summed E-state index contributed by atoms with van der Waals surface area (Å²) in [4.78, 5) is 14.5. The van der Waals surface area contributed by atoms with Gasteiger partial charge in [-0.15, -0.1) is 0 Å². The molecular weight excluding hydrogens is 398 g/mol. The number of esters is 1. The highest BCUT2D eigenvalue weighted by molar-refractivity contribution is 7.80. The van der Waals surface area contributed by atoms with E-state index >= 15 is 0 Å². The summed E-state index contributed by atoms with van der Waals surface area (Å²) in [6.07, 6.45) is 0. The van der Waals surface area contributed by atoms with E-state index in [1.54, 1.807) is 30.9 Å². The van der Waals surface area contributed by atoms with Crippen LogP contribution < -0.4 is 15.0 Å². The summed E-state index contributed by atoms with van der Waals surface area (Å²) in [6, 6.07) is 14.9. The molecule has 0 saturated carbocycles. The van der Waals surface area contributed by atoms with Crippen LogP contribution in [-0.2, 0) is 9.53 Å². The Morgan fingerprint density at radius 3 is 2.41 bits per heavy atom. The first kappa shape index (κ1) is 20.7. The third kappa shape index (κ3) is 4.54. The number of ether oxygens (including phenoxy) is 2. The van der Waals surface area contributed by atoms with Crippen molar-refractivity contribution in [3.63, 3.8) is 0 Å². The number of nitrogens with one attached hydrogen (secondary N) is 1. The summed E-state index contributed by atoms with van der Waals surface area (Å²) in [6.45, 7) is 0.847. The smallest absolute Gasteiger partial charge is 0.387 e. The van der Waals surface area contributed by atoms with Crippen molar-refractivity contribution in [2.45, 2.75) is 26.5 Å². The first-order chi connectivity index (χ1) is 13.9. The van der Waals surface area contributed by atoms with Crippen LogP contribution >= 0.6 is 12.2 Å². The van der Waals surface area contributed by atoms with Gasteiger partial charge in [-0.1, -0.05) is 30.3 Å². The number of anilines is 1.